The normalized spacial score (nSPS) is 16.3. The lowest BCUT2D eigenvalue weighted by molar-refractivity contribution is -0.128. The average Bonchev–Trinajstić information content (AvgIpc) is 2.66. The molecule has 1 aromatic heterocycles. The maximum Gasteiger partial charge on any atom is 0.232 e. The summed E-state index contributed by atoms with van der Waals surface area (Å²) in [4.78, 5) is 19.1. The van der Waals surface area contributed by atoms with Crippen molar-refractivity contribution in [3.05, 3.63) is 18.3 Å². The van der Waals surface area contributed by atoms with Crippen molar-refractivity contribution in [2.24, 2.45) is 0 Å². The molecule has 1 aromatic rings. The summed E-state index contributed by atoms with van der Waals surface area (Å²) in [5, 5.41) is 0. The number of nitrogen functional groups attached to an aromatic ring is 1. The topological polar surface area (TPSA) is 59.2 Å². The van der Waals surface area contributed by atoms with Gasteiger partial charge in [-0.1, -0.05) is 12.8 Å². The van der Waals surface area contributed by atoms with E-state index in [-0.39, 0.29) is 5.91 Å². The SMILES string of the molecule is Nc1ccc(SCC(=O)N2CCCCCC2)cn1. The number of aromatic nitrogens is 1. The van der Waals surface area contributed by atoms with Crippen LogP contribution in [-0.2, 0) is 4.79 Å². The Morgan fingerprint density at radius 1 is 1.28 bits per heavy atom. The van der Waals surface area contributed by atoms with Gasteiger partial charge in [0.25, 0.3) is 0 Å². The smallest absolute Gasteiger partial charge is 0.232 e. The molecule has 4 nitrogen and oxygen atoms in total. The number of hydrogen-bond donors (Lipinski definition) is 1. The summed E-state index contributed by atoms with van der Waals surface area (Å²) in [6.07, 6.45) is 6.49. The highest BCUT2D eigenvalue weighted by Crippen LogP contribution is 2.19. The van der Waals surface area contributed by atoms with Gasteiger partial charge < -0.3 is 10.6 Å². The third-order valence-corrected chi connectivity index (χ3v) is 4.05. The number of carbonyl (C=O) groups excluding carboxylic acids is 1. The van der Waals surface area contributed by atoms with Crippen LogP contribution in [0.2, 0.25) is 0 Å². The lowest BCUT2D eigenvalue weighted by Crippen LogP contribution is -2.33. The van der Waals surface area contributed by atoms with Gasteiger partial charge in [-0.05, 0) is 25.0 Å². The second-order valence-corrected chi connectivity index (χ2v) is 5.55. The van der Waals surface area contributed by atoms with Crippen LogP contribution in [0.3, 0.4) is 0 Å². The second kappa shape index (κ2) is 6.64. The molecule has 0 saturated carbocycles. The standard InChI is InChI=1S/C13H19N3OS/c14-12-6-5-11(9-15-12)18-10-13(17)16-7-3-1-2-4-8-16/h5-6,9H,1-4,7-8,10H2,(H2,14,15). The van der Waals surface area contributed by atoms with Crippen molar-refractivity contribution >= 4 is 23.5 Å². The zero-order valence-corrected chi connectivity index (χ0v) is 11.3. The summed E-state index contributed by atoms with van der Waals surface area (Å²) >= 11 is 1.53. The number of thioether (sulfide) groups is 1. The molecule has 0 spiro atoms. The lowest BCUT2D eigenvalue weighted by atomic mass is 10.2. The Morgan fingerprint density at radius 2 is 2.00 bits per heavy atom. The lowest BCUT2D eigenvalue weighted by Gasteiger charge is -2.19. The third kappa shape index (κ3) is 3.91. The van der Waals surface area contributed by atoms with Crippen LogP contribution in [-0.4, -0.2) is 34.6 Å². The first-order chi connectivity index (χ1) is 8.75. The van der Waals surface area contributed by atoms with Gasteiger partial charge in [0.15, 0.2) is 0 Å². The molecule has 0 atom stereocenters. The van der Waals surface area contributed by atoms with E-state index in [1.165, 1.54) is 24.6 Å². The van der Waals surface area contributed by atoms with Crippen molar-refractivity contribution in [3.8, 4) is 0 Å². The van der Waals surface area contributed by atoms with Crippen molar-refractivity contribution in [2.75, 3.05) is 24.6 Å². The monoisotopic (exact) mass is 265 g/mol. The maximum atomic E-state index is 12.1. The second-order valence-electron chi connectivity index (χ2n) is 4.50. The molecule has 1 aliphatic rings. The predicted molar refractivity (Wildman–Crippen MR) is 74.4 cm³/mol. The Kier molecular flexibility index (Phi) is 4.87. The van der Waals surface area contributed by atoms with Gasteiger partial charge in [0.05, 0.1) is 5.75 Å². The minimum Gasteiger partial charge on any atom is -0.384 e. The summed E-state index contributed by atoms with van der Waals surface area (Å²) in [6, 6.07) is 3.67. The summed E-state index contributed by atoms with van der Waals surface area (Å²) in [6.45, 7) is 1.83. The molecule has 0 aromatic carbocycles. The van der Waals surface area contributed by atoms with Crippen molar-refractivity contribution in [1.29, 1.82) is 0 Å². The number of carbonyl (C=O) groups is 1. The highest BCUT2D eigenvalue weighted by Gasteiger charge is 2.15. The molecule has 1 fully saturated rings. The number of pyridine rings is 1. The Morgan fingerprint density at radius 3 is 2.61 bits per heavy atom. The van der Waals surface area contributed by atoms with Gasteiger partial charge in [-0.25, -0.2) is 4.98 Å². The van der Waals surface area contributed by atoms with Crippen molar-refractivity contribution in [1.82, 2.24) is 9.88 Å². The minimum absolute atomic E-state index is 0.235. The molecule has 98 valence electrons. The van der Waals surface area contributed by atoms with Crippen LogP contribution < -0.4 is 5.73 Å². The molecule has 0 unspecified atom stereocenters. The van der Waals surface area contributed by atoms with E-state index in [2.05, 4.69) is 4.98 Å². The molecule has 0 aliphatic carbocycles. The molecule has 1 aliphatic heterocycles. The number of nitrogens with two attached hydrogens (primary N) is 1. The van der Waals surface area contributed by atoms with Crippen molar-refractivity contribution < 1.29 is 4.79 Å². The van der Waals surface area contributed by atoms with Crippen LogP contribution in [0.15, 0.2) is 23.2 Å². The summed E-state index contributed by atoms with van der Waals surface area (Å²) < 4.78 is 0. The van der Waals surface area contributed by atoms with Crippen molar-refractivity contribution in [2.45, 2.75) is 30.6 Å². The van der Waals surface area contributed by atoms with Crippen LogP contribution in [0, 0.1) is 0 Å². The average molecular weight is 265 g/mol. The fourth-order valence-electron chi connectivity index (χ4n) is 2.03. The molecule has 2 rings (SSSR count). The molecule has 2 heterocycles. The zero-order chi connectivity index (χ0) is 12.8. The largest absolute Gasteiger partial charge is 0.384 e. The first kappa shape index (κ1) is 13.2. The van der Waals surface area contributed by atoms with Crippen LogP contribution in [0.5, 0.6) is 0 Å². The molecule has 0 radical (unpaired) electrons. The van der Waals surface area contributed by atoms with Crippen LogP contribution in [0.25, 0.3) is 0 Å². The number of rotatable bonds is 3. The number of nitrogens with zero attached hydrogens (tertiary/aromatic N) is 2. The van der Waals surface area contributed by atoms with E-state index in [0.717, 1.165) is 30.8 Å². The van der Waals surface area contributed by atoms with E-state index in [1.807, 2.05) is 11.0 Å². The van der Waals surface area contributed by atoms with Gasteiger partial charge in [-0.15, -0.1) is 11.8 Å². The van der Waals surface area contributed by atoms with E-state index >= 15 is 0 Å². The molecule has 5 heteroatoms. The summed E-state index contributed by atoms with van der Waals surface area (Å²) in [7, 11) is 0. The molecule has 2 N–H and O–H groups in total. The minimum atomic E-state index is 0.235. The Balaban J connectivity index is 1.81. The highest BCUT2D eigenvalue weighted by atomic mass is 32.2. The van der Waals surface area contributed by atoms with Gasteiger partial charge in [-0.3, -0.25) is 4.79 Å². The number of anilines is 1. The first-order valence-electron chi connectivity index (χ1n) is 6.38. The van der Waals surface area contributed by atoms with E-state index in [1.54, 1.807) is 12.3 Å². The molecular formula is C13H19N3OS. The number of likely N-dealkylation sites (tertiary alicyclic amines) is 1. The van der Waals surface area contributed by atoms with Crippen LogP contribution >= 0.6 is 11.8 Å². The van der Waals surface area contributed by atoms with E-state index in [9.17, 15) is 4.79 Å². The van der Waals surface area contributed by atoms with Gasteiger partial charge >= 0.3 is 0 Å². The molecular weight excluding hydrogens is 246 g/mol. The molecule has 0 bridgehead atoms. The molecule has 18 heavy (non-hydrogen) atoms. The van der Waals surface area contributed by atoms with E-state index < -0.39 is 0 Å². The zero-order valence-electron chi connectivity index (χ0n) is 10.5. The van der Waals surface area contributed by atoms with Crippen LogP contribution in [0.4, 0.5) is 5.82 Å². The van der Waals surface area contributed by atoms with Crippen molar-refractivity contribution in [3.63, 3.8) is 0 Å². The Labute approximate surface area is 112 Å². The van der Waals surface area contributed by atoms with E-state index in [4.69, 9.17) is 5.73 Å². The van der Waals surface area contributed by atoms with Gasteiger partial charge in [0.1, 0.15) is 5.82 Å². The molecule has 1 saturated heterocycles. The number of amides is 1. The van der Waals surface area contributed by atoms with Gasteiger partial charge in [-0.2, -0.15) is 0 Å². The third-order valence-electron chi connectivity index (χ3n) is 3.08. The van der Waals surface area contributed by atoms with E-state index in [0.29, 0.717) is 11.6 Å². The Hall–Kier alpha value is -1.23. The maximum absolute atomic E-state index is 12.1. The predicted octanol–water partition coefficient (Wildman–Crippen LogP) is 2.16. The van der Waals surface area contributed by atoms with Gasteiger partial charge in [0, 0.05) is 24.2 Å². The first-order valence-corrected chi connectivity index (χ1v) is 7.36. The Bertz CT molecular complexity index is 386. The quantitative estimate of drug-likeness (QED) is 0.851. The number of hydrogen-bond acceptors (Lipinski definition) is 4. The highest BCUT2D eigenvalue weighted by molar-refractivity contribution is 8.00. The van der Waals surface area contributed by atoms with Crippen LogP contribution in [0.1, 0.15) is 25.7 Å². The fourth-order valence-corrected chi connectivity index (χ4v) is 2.80. The fraction of sp³-hybridized carbons (Fsp3) is 0.538. The summed E-state index contributed by atoms with van der Waals surface area (Å²) in [5.74, 6) is 1.24. The van der Waals surface area contributed by atoms with Gasteiger partial charge in [0.2, 0.25) is 5.91 Å². The summed E-state index contributed by atoms with van der Waals surface area (Å²) in [5.41, 5.74) is 5.52. The molecule has 1 amide bonds.